The fourth-order valence-corrected chi connectivity index (χ4v) is 3.97. The van der Waals surface area contributed by atoms with Gasteiger partial charge in [0.05, 0.1) is 6.04 Å². The number of rotatable bonds is 5. The van der Waals surface area contributed by atoms with E-state index in [0.717, 1.165) is 44.3 Å². The van der Waals surface area contributed by atoms with Crippen molar-refractivity contribution in [1.29, 1.82) is 0 Å². The lowest BCUT2D eigenvalue weighted by molar-refractivity contribution is -0.123. The van der Waals surface area contributed by atoms with E-state index in [1.165, 1.54) is 6.07 Å². The summed E-state index contributed by atoms with van der Waals surface area (Å²) in [6.45, 7) is 1.58. The second-order valence-corrected chi connectivity index (χ2v) is 7.88. The number of carbonyl (C=O) groups is 1. The molecule has 142 valence electrons. The first-order valence-electron chi connectivity index (χ1n) is 9.51. The fraction of sp³-hybridized carbons (Fsp3) is 0.429. The first-order valence-corrected chi connectivity index (χ1v) is 9.89. The maximum absolute atomic E-state index is 14.7. The highest BCUT2D eigenvalue weighted by Gasteiger charge is 2.33. The summed E-state index contributed by atoms with van der Waals surface area (Å²) in [4.78, 5) is 18.5. The van der Waals surface area contributed by atoms with Crippen LogP contribution in [0.3, 0.4) is 0 Å². The summed E-state index contributed by atoms with van der Waals surface area (Å²) in [5, 5.41) is 3.56. The molecule has 4 nitrogen and oxygen atoms in total. The highest BCUT2D eigenvalue weighted by Crippen LogP contribution is 2.34. The number of likely N-dealkylation sites (tertiary alicyclic amines) is 1. The van der Waals surface area contributed by atoms with Gasteiger partial charge in [0, 0.05) is 48.0 Å². The Morgan fingerprint density at radius 3 is 2.63 bits per heavy atom. The van der Waals surface area contributed by atoms with Crippen molar-refractivity contribution in [3.63, 3.8) is 0 Å². The lowest BCUT2D eigenvalue weighted by Gasteiger charge is -2.38. The Labute approximate surface area is 163 Å². The number of nitrogens with one attached hydrogen (secondary N) is 1. The second kappa shape index (κ2) is 7.95. The molecule has 1 saturated heterocycles. The quantitative estimate of drug-likeness (QED) is 0.844. The van der Waals surface area contributed by atoms with Crippen molar-refractivity contribution < 1.29 is 9.18 Å². The van der Waals surface area contributed by atoms with Gasteiger partial charge in [-0.25, -0.2) is 4.39 Å². The molecule has 1 aliphatic heterocycles. The second-order valence-electron chi connectivity index (χ2n) is 7.45. The molecule has 1 atom stereocenters. The Morgan fingerprint density at radius 2 is 2.00 bits per heavy atom. The lowest BCUT2D eigenvalue weighted by Crippen LogP contribution is -2.46. The number of nitrogens with zero attached hydrogens (tertiary/aromatic N) is 2. The standard InChI is InChI=1S/C21H23ClFN3O/c22-16-5-6-18(19(23)12-16)20(15-2-1-9-24-13-15)26-10-7-17(8-11-26)25-21(27)14-3-4-14/h1-2,5-6,9,12-14,17,20H,3-4,7-8,10-11H2,(H,25,27). The van der Waals surface area contributed by atoms with Crippen LogP contribution in [0.2, 0.25) is 5.02 Å². The molecule has 1 aromatic carbocycles. The molecule has 2 heterocycles. The van der Waals surface area contributed by atoms with Crippen LogP contribution in [-0.2, 0) is 4.79 Å². The zero-order valence-electron chi connectivity index (χ0n) is 15.1. The Balaban J connectivity index is 1.52. The van der Waals surface area contributed by atoms with Gasteiger partial charge in [0.25, 0.3) is 0 Å². The normalized spacial score (nSPS) is 19.6. The van der Waals surface area contributed by atoms with Crippen molar-refractivity contribution in [3.05, 3.63) is 64.7 Å². The maximum atomic E-state index is 14.7. The fourth-order valence-electron chi connectivity index (χ4n) is 3.81. The average molecular weight is 388 g/mol. The Kier molecular flexibility index (Phi) is 5.41. The van der Waals surface area contributed by atoms with Crippen molar-refractivity contribution in [2.45, 2.75) is 37.8 Å². The summed E-state index contributed by atoms with van der Waals surface area (Å²) in [6, 6.07) is 8.70. The van der Waals surface area contributed by atoms with Crippen LogP contribution in [0, 0.1) is 11.7 Å². The minimum absolute atomic E-state index is 0.195. The van der Waals surface area contributed by atoms with E-state index in [0.29, 0.717) is 10.6 Å². The number of piperidine rings is 1. The lowest BCUT2D eigenvalue weighted by atomic mass is 9.94. The molecule has 1 amide bonds. The molecule has 2 aliphatic rings. The number of carbonyl (C=O) groups excluding carboxylic acids is 1. The molecule has 1 aliphatic carbocycles. The summed E-state index contributed by atoms with van der Waals surface area (Å²) >= 11 is 5.95. The van der Waals surface area contributed by atoms with Gasteiger partial charge in [-0.3, -0.25) is 14.7 Å². The zero-order valence-corrected chi connectivity index (χ0v) is 15.8. The van der Waals surface area contributed by atoms with E-state index in [2.05, 4.69) is 15.2 Å². The van der Waals surface area contributed by atoms with Crippen LogP contribution in [0.4, 0.5) is 4.39 Å². The predicted molar refractivity (Wildman–Crippen MR) is 103 cm³/mol. The van der Waals surface area contributed by atoms with Crippen molar-refractivity contribution >= 4 is 17.5 Å². The summed E-state index contributed by atoms with van der Waals surface area (Å²) in [6.07, 6.45) is 7.28. The summed E-state index contributed by atoms with van der Waals surface area (Å²) in [5.41, 5.74) is 1.56. The van der Waals surface area contributed by atoms with E-state index in [1.54, 1.807) is 24.5 Å². The van der Waals surface area contributed by atoms with E-state index in [9.17, 15) is 9.18 Å². The first kappa shape index (κ1) is 18.4. The molecule has 0 radical (unpaired) electrons. The topological polar surface area (TPSA) is 45.2 Å². The molecular formula is C21H23ClFN3O. The largest absolute Gasteiger partial charge is 0.353 e. The van der Waals surface area contributed by atoms with E-state index in [4.69, 9.17) is 11.6 Å². The Morgan fingerprint density at radius 1 is 1.22 bits per heavy atom. The van der Waals surface area contributed by atoms with Crippen LogP contribution in [0.15, 0.2) is 42.7 Å². The third-order valence-electron chi connectivity index (χ3n) is 5.45. The van der Waals surface area contributed by atoms with Crippen LogP contribution in [-0.4, -0.2) is 34.9 Å². The van der Waals surface area contributed by atoms with Crippen LogP contribution in [0.25, 0.3) is 0 Å². The highest BCUT2D eigenvalue weighted by molar-refractivity contribution is 6.30. The van der Waals surface area contributed by atoms with Gasteiger partial charge in [0.2, 0.25) is 5.91 Å². The molecule has 4 rings (SSSR count). The van der Waals surface area contributed by atoms with Gasteiger partial charge in [-0.1, -0.05) is 23.7 Å². The number of aromatic nitrogens is 1. The predicted octanol–water partition coefficient (Wildman–Crippen LogP) is 3.95. The smallest absolute Gasteiger partial charge is 0.223 e. The van der Waals surface area contributed by atoms with E-state index in [-0.39, 0.29) is 29.7 Å². The Bertz CT molecular complexity index is 804. The number of hydrogen-bond acceptors (Lipinski definition) is 3. The average Bonchev–Trinajstić information content (AvgIpc) is 3.51. The van der Waals surface area contributed by atoms with Crippen LogP contribution in [0.5, 0.6) is 0 Å². The summed E-state index contributed by atoms with van der Waals surface area (Å²) in [7, 11) is 0. The molecule has 0 spiro atoms. The van der Waals surface area contributed by atoms with Gasteiger partial charge in [0.15, 0.2) is 0 Å². The molecule has 2 aromatic rings. The van der Waals surface area contributed by atoms with Crippen LogP contribution < -0.4 is 5.32 Å². The molecule has 0 bridgehead atoms. The monoisotopic (exact) mass is 387 g/mol. The molecule has 1 N–H and O–H groups in total. The van der Waals surface area contributed by atoms with Gasteiger partial charge in [0.1, 0.15) is 5.82 Å². The molecule has 1 aromatic heterocycles. The first-order chi connectivity index (χ1) is 13.1. The molecule has 1 saturated carbocycles. The van der Waals surface area contributed by atoms with Crippen molar-refractivity contribution in [2.75, 3.05) is 13.1 Å². The number of benzene rings is 1. The molecular weight excluding hydrogens is 365 g/mol. The molecule has 6 heteroatoms. The van der Waals surface area contributed by atoms with E-state index in [1.807, 2.05) is 12.1 Å². The van der Waals surface area contributed by atoms with Gasteiger partial charge in [-0.05, 0) is 49.4 Å². The number of hydrogen-bond donors (Lipinski definition) is 1. The van der Waals surface area contributed by atoms with Gasteiger partial charge < -0.3 is 5.32 Å². The summed E-state index contributed by atoms with van der Waals surface area (Å²) in [5.74, 6) is 0.121. The zero-order chi connectivity index (χ0) is 18.8. The third kappa shape index (κ3) is 4.30. The number of amides is 1. The number of halogens is 2. The van der Waals surface area contributed by atoms with Gasteiger partial charge in [-0.15, -0.1) is 0 Å². The minimum Gasteiger partial charge on any atom is -0.353 e. The maximum Gasteiger partial charge on any atom is 0.223 e. The van der Waals surface area contributed by atoms with E-state index >= 15 is 0 Å². The summed E-state index contributed by atoms with van der Waals surface area (Å²) < 4.78 is 14.7. The van der Waals surface area contributed by atoms with Crippen molar-refractivity contribution in [1.82, 2.24) is 15.2 Å². The highest BCUT2D eigenvalue weighted by atomic mass is 35.5. The van der Waals surface area contributed by atoms with Crippen LogP contribution in [0.1, 0.15) is 42.9 Å². The van der Waals surface area contributed by atoms with Gasteiger partial charge >= 0.3 is 0 Å². The molecule has 1 unspecified atom stereocenters. The third-order valence-corrected chi connectivity index (χ3v) is 5.68. The van der Waals surface area contributed by atoms with Crippen molar-refractivity contribution in [2.24, 2.45) is 5.92 Å². The van der Waals surface area contributed by atoms with Gasteiger partial charge in [-0.2, -0.15) is 0 Å². The van der Waals surface area contributed by atoms with Crippen LogP contribution >= 0.6 is 11.6 Å². The van der Waals surface area contributed by atoms with Crippen molar-refractivity contribution in [3.8, 4) is 0 Å². The number of pyridine rings is 1. The minimum atomic E-state index is -0.305. The van der Waals surface area contributed by atoms with E-state index < -0.39 is 0 Å². The SMILES string of the molecule is O=C(NC1CCN(C(c2cccnc2)c2ccc(Cl)cc2F)CC1)C1CC1. The Hall–Kier alpha value is -1.98. The molecule has 27 heavy (non-hydrogen) atoms. The molecule has 2 fully saturated rings.